The number of nitrogens with one attached hydrogen (secondary N) is 2. The summed E-state index contributed by atoms with van der Waals surface area (Å²) in [7, 11) is 0. The van der Waals surface area contributed by atoms with Gasteiger partial charge >= 0.3 is 0 Å². The van der Waals surface area contributed by atoms with E-state index in [1.807, 2.05) is 35.7 Å². The van der Waals surface area contributed by atoms with E-state index in [4.69, 9.17) is 0 Å². The van der Waals surface area contributed by atoms with Gasteiger partial charge in [0.05, 0.1) is 11.0 Å². The van der Waals surface area contributed by atoms with Crippen molar-refractivity contribution in [3.63, 3.8) is 0 Å². The average Bonchev–Trinajstić information content (AvgIpc) is 2.69. The van der Waals surface area contributed by atoms with Crippen LogP contribution in [-0.2, 0) is 11.2 Å². The normalized spacial score (nSPS) is 14.7. The van der Waals surface area contributed by atoms with Crippen LogP contribution in [0.4, 0.5) is 4.39 Å². The fourth-order valence-corrected chi connectivity index (χ4v) is 5.40. The summed E-state index contributed by atoms with van der Waals surface area (Å²) in [5, 5.41) is 0. The Labute approximate surface area is 160 Å². The number of carbonyl (C=O) groups is 2. The van der Waals surface area contributed by atoms with E-state index < -0.39 is 0 Å². The Morgan fingerprint density at radius 2 is 1.62 bits per heavy atom. The average molecular weight is 391 g/mol. The van der Waals surface area contributed by atoms with Crippen LogP contribution in [0.2, 0.25) is 0 Å². The lowest BCUT2D eigenvalue weighted by Gasteiger charge is -2.21. The van der Waals surface area contributed by atoms with Gasteiger partial charge in [-0.3, -0.25) is 20.4 Å². The second kappa shape index (κ2) is 9.09. The molecule has 26 heavy (non-hydrogen) atoms. The van der Waals surface area contributed by atoms with Crippen LogP contribution in [0.15, 0.2) is 48.5 Å². The summed E-state index contributed by atoms with van der Waals surface area (Å²) in [4.78, 5) is 24.0. The quantitative estimate of drug-likeness (QED) is 0.782. The molecule has 0 spiro atoms. The van der Waals surface area contributed by atoms with Gasteiger partial charge in [-0.1, -0.05) is 24.3 Å². The smallest absolute Gasteiger partial charge is 0.269 e. The van der Waals surface area contributed by atoms with E-state index in [2.05, 4.69) is 10.9 Å². The molecule has 0 atom stereocenters. The molecule has 0 radical (unpaired) electrons. The number of benzene rings is 2. The van der Waals surface area contributed by atoms with Gasteiger partial charge in [0, 0.05) is 5.56 Å². The molecule has 2 aromatic carbocycles. The molecular weight excluding hydrogens is 371 g/mol. The maximum Gasteiger partial charge on any atom is 0.269 e. The lowest BCUT2D eigenvalue weighted by molar-refractivity contribution is -0.121. The number of amides is 2. The monoisotopic (exact) mass is 390 g/mol. The number of rotatable bonds is 4. The van der Waals surface area contributed by atoms with E-state index in [-0.39, 0.29) is 24.1 Å². The summed E-state index contributed by atoms with van der Waals surface area (Å²) in [6, 6.07) is 13.1. The van der Waals surface area contributed by atoms with Crippen LogP contribution in [0.5, 0.6) is 0 Å². The fraction of sp³-hybridized carbons (Fsp3) is 0.263. The topological polar surface area (TPSA) is 58.2 Å². The van der Waals surface area contributed by atoms with E-state index in [9.17, 15) is 14.0 Å². The van der Waals surface area contributed by atoms with E-state index in [1.54, 1.807) is 12.1 Å². The Balaban J connectivity index is 1.49. The van der Waals surface area contributed by atoms with Gasteiger partial charge in [0.2, 0.25) is 5.91 Å². The standard InChI is InChI=1S/C19H19FN2O2S2/c20-16-8-2-13(3-9-16)12-17(23)21-22-18(24)14-4-6-15(7-5-14)19-25-10-1-11-26-19/h2-9,19H,1,10-12H2,(H,21,23)(H,22,24). The maximum atomic E-state index is 12.9. The Morgan fingerprint density at radius 1 is 0.962 bits per heavy atom. The van der Waals surface area contributed by atoms with Crippen molar-refractivity contribution in [2.24, 2.45) is 0 Å². The van der Waals surface area contributed by atoms with Crippen LogP contribution in [-0.4, -0.2) is 23.3 Å². The van der Waals surface area contributed by atoms with E-state index in [1.165, 1.54) is 47.8 Å². The highest BCUT2D eigenvalue weighted by Crippen LogP contribution is 2.43. The number of carbonyl (C=O) groups excluding carboxylic acids is 2. The van der Waals surface area contributed by atoms with Crippen molar-refractivity contribution in [3.05, 3.63) is 71.0 Å². The van der Waals surface area contributed by atoms with Crippen molar-refractivity contribution in [1.29, 1.82) is 0 Å². The van der Waals surface area contributed by atoms with Crippen LogP contribution in [0.25, 0.3) is 0 Å². The maximum absolute atomic E-state index is 12.9. The van der Waals surface area contributed by atoms with Gasteiger partial charge in [0.1, 0.15) is 5.82 Å². The number of hydrazine groups is 1. The third-order valence-corrected chi connectivity index (χ3v) is 6.88. The largest absolute Gasteiger partial charge is 0.273 e. The molecule has 1 heterocycles. The van der Waals surface area contributed by atoms with Crippen LogP contribution in [0, 0.1) is 5.82 Å². The van der Waals surface area contributed by atoms with Crippen molar-refractivity contribution < 1.29 is 14.0 Å². The number of halogens is 1. The molecule has 0 aliphatic carbocycles. The first-order valence-electron chi connectivity index (χ1n) is 8.28. The zero-order valence-electron chi connectivity index (χ0n) is 14.0. The lowest BCUT2D eigenvalue weighted by atomic mass is 10.1. The van der Waals surface area contributed by atoms with E-state index in [0.29, 0.717) is 15.7 Å². The minimum Gasteiger partial charge on any atom is -0.273 e. The Bertz CT molecular complexity index is 760. The minimum absolute atomic E-state index is 0.0651. The van der Waals surface area contributed by atoms with Crippen LogP contribution in [0.1, 0.15) is 32.5 Å². The summed E-state index contributed by atoms with van der Waals surface area (Å²) in [5.74, 6) is 1.25. The predicted molar refractivity (Wildman–Crippen MR) is 104 cm³/mol. The molecule has 2 aromatic rings. The number of hydrogen-bond donors (Lipinski definition) is 2. The van der Waals surface area contributed by atoms with Gasteiger partial charge in [0.25, 0.3) is 5.91 Å². The SMILES string of the molecule is O=C(Cc1ccc(F)cc1)NNC(=O)c1ccc(C2SCCCS2)cc1. The van der Waals surface area contributed by atoms with E-state index >= 15 is 0 Å². The summed E-state index contributed by atoms with van der Waals surface area (Å²) >= 11 is 3.86. The lowest BCUT2D eigenvalue weighted by Crippen LogP contribution is -2.42. The van der Waals surface area contributed by atoms with Gasteiger partial charge in [-0.2, -0.15) is 0 Å². The first-order chi connectivity index (χ1) is 12.6. The first kappa shape index (κ1) is 18.8. The molecule has 1 saturated heterocycles. The highest BCUT2D eigenvalue weighted by atomic mass is 32.2. The Morgan fingerprint density at radius 3 is 2.27 bits per heavy atom. The van der Waals surface area contributed by atoms with Gasteiger partial charge < -0.3 is 0 Å². The molecule has 2 amide bonds. The zero-order chi connectivity index (χ0) is 18.4. The molecule has 1 aliphatic rings. The van der Waals surface area contributed by atoms with Gasteiger partial charge in [0.15, 0.2) is 0 Å². The van der Waals surface area contributed by atoms with Crippen molar-refractivity contribution in [2.45, 2.75) is 17.4 Å². The Hall–Kier alpha value is -1.99. The second-order valence-electron chi connectivity index (χ2n) is 5.85. The fourth-order valence-electron chi connectivity index (χ4n) is 2.50. The molecule has 1 fully saturated rings. The number of thioether (sulfide) groups is 2. The van der Waals surface area contributed by atoms with Gasteiger partial charge in [-0.05, 0) is 53.3 Å². The Kier molecular flexibility index (Phi) is 6.57. The molecule has 0 saturated carbocycles. The summed E-state index contributed by atoms with van der Waals surface area (Å²) in [6.45, 7) is 0. The predicted octanol–water partition coefficient (Wildman–Crippen LogP) is 3.70. The molecule has 0 bridgehead atoms. The highest BCUT2D eigenvalue weighted by Gasteiger charge is 2.17. The van der Waals surface area contributed by atoms with Gasteiger partial charge in [-0.25, -0.2) is 4.39 Å². The van der Waals surface area contributed by atoms with Gasteiger partial charge in [-0.15, -0.1) is 23.5 Å². The molecule has 136 valence electrons. The molecular formula is C19H19FN2O2S2. The zero-order valence-corrected chi connectivity index (χ0v) is 15.7. The van der Waals surface area contributed by atoms with Crippen molar-refractivity contribution in [3.8, 4) is 0 Å². The van der Waals surface area contributed by atoms with Crippen LogP contribution in [0.3, 0.4) is 0 Å². The molecule has 4 nitrogen and oxygen atoms in total. The van der Waals surface area contributed by atoms with E-state index in [0.717, 1.165) is 0 Å². The molecule has 0 aromatic heterocycles. The molecule has 1 aliphatic heterocycles. The van der Waals surface area contributed by atoms with Crippen LogP contribution >= 0.6 is 23.5 Å². The summed E-state index contributed by atoms with van der Waals surface area (Å²) < 4.78 is 13.3. The van der Waals surface area contributed by atoms with Crippen molar-refractivity contribution in [1.82, 2.24) is 10.9 Å². The highest BCUT2D eigenvalue weighted by molar-refractivity contribution is 8.16. The van der Waals surface area contributed by atoms with Crippen molar-refractivity contribution in [2.75, 3.05) is 11.5 Å². The third kappa shape index (κ3) is 5.25. The minimum atomic E-state index is -0.368. The molecule has 2 N–H and O–H groups in total. The third-order valence-electron chi connectivity index (χ3n) is 3.87. The summed E-state index contributed by atoms with van der Waals surface area (Å²) in [6.07, 6.45) is 1.31. The van der Waals surface area contributed by atoms with Crippen molar-refractivity contribution >= 4 is 35.3 Å². The van der Waals surface area contributed by atoms with Crippen LogP contribution < -0.4 is 10.9 Å². The molecule has 7 heteroatoms. The number of hydrogen-bond acceptors (Lipinski definition) is 4. The second-order valence-corrected chi connectivity index (χ2v) is 8.58. The summed E-state index contributed by atoms with van der Waals surface area (Å²) in [5.41, 5.74) is 7.15. The first-order valence-corrected chi connectivity index (χ1v) is 10.4. The molecule has 0 unspecified atom stereocenters. The molecule has 3 rings (SSSR count).